The predicted octanol–water partition coefficient (Wildman–Crippen LogP) is 3.88. The van der Waals surface area contributed by atoms with E-state index in [-0.39, 0.29) is 0 Å². The Kier molecular flexibility index (Phi) is 5.03. The molecule has 0 aliphatic carbocycles. The SMILES string of the molecule is COc1ccc(/C=N\Nc2nc(C)c(C)s2)c(Cl)c1OC. The maximum Gasteiger partial charge on any atom is 0.203 e. The highest BCUT2D eigenvalue weighted by Crippen LogP contribution is 2.36. The van der Waals surface area contributed by atoms with Gasteiger partial charge < -0.3 is 9.47 Å². The average molecular weight is 326 g/mol. The fourth-order valence-electron chi connectivity index (χ4n) is 1.68. The van der Waals surface area contributed by atoms with E-state index in [0.29, 0.717) is 16.5 Å². The molecule has 0 saturated heterocycles. The van der Waals surface area contributed by atoms with Gasteiger partial charge in [-0.15, -0.1) is 11.3 Å². The van der Waals surface area contributed by atoms with E-state index in [1.165, 1.54) is 0 Å². The first-order chi connectivity index (χ1) is 10.1. The highest BCUT2D eigenvalue weighted by molar-refractivity contribution is 7.15. The predicted molar refractivity (Wildman–Crippen MR) is 87.4 cm³/mol. The summed E-state index contributed by atoms with van der Waals surface area (Å²) in [4.78, 5) is 5.50. The third-order valence-corrected chi connectivity index (χ3v) is 4.27. The molecule has 1 N–H and O–H groups in total. The molecular formula is C14H16ClN3O2S. The van der Waals surface area contributed by atoms with Gasteiger partial charge in [0.2, 0.25) is 5.13 Å². The van der Waals surface area contributed by atoms with Crippen molar-refractivity contribution in [3.05, 3.63) is 33.3 Å². The van der Waals surface area contributed by atoms with E-state index in [0.717, 1.165) is 21.3 Å². The molecule has 2 aromatic rings. The Labute approximate surface area is 132 Å². The molecule has 0 bridgehead atoms. The number of thiazole rings is 1. The summed E-state index contributed by atoms with van der Waals surface area (Å²) in [6.07, 6.45) is 1.62. The lowest BCUT2D eigenvalue weighted by Crippen LogP contribution is -1.96. The van der Waals surface area contributed by atoms with Gasteiger partial charge >= 0.3 is 0 Å². The number of anilines is 1. The number of rotatable bonds is 5. The van der Waals surface area contributed by atoms with Crippen molar-refractivity contribution in [3.8, 4) is 11.5 Å². The summed E-state index contributed by atoms with van der Waals surface area (Å²) in [5.74, 6) is 1.07. The molecule has 1 aromatic heterocycles. The lowest BCUT2D eigenvalue weighted by molar-refractivity contribution is 0.355. The molecule has 0 spiro atoms. The van der Waals surface area contributed by atoms with Crippen molar-refractivity contribution in [1.82, 2.24) is 4.98 Å². The zero-order valence-electron chi connectivity index (χ0n) is 12.2. The molecule has 0 unspecified atom stereocenters. The van der Waals surface area contributed by atoms with Crippen molar-refractivity contribution in [2.75, 3.05) is 19.6 Å². The summed E-state index contributed by atoms with van der Waals surface area (Å²) in [5.41, 5.74) is 4.62. The normalized spacial score (nSPS) is 10.9. The lowest BCUT2D eigenvalue weighted by Gasteiger charge is -2.10. The van der Waals surface area contributed by atoms with E-state index in [2.05, 4.69) is 15.5 Å². The minimum atomic E-state index is 0.453. The van der Waals surface area contributed by atoms with Gasteiger partial charge in [0.25, 0.3) is 0 Å². The summed E-state index contributed by atoms with van der Waals surface area (Å²) < 4.78 is 10.4. The summed E-state index contributed by atoms with van der Waals surface area (Å²) in [5, 5.41) is 5.35. The van der Waals surface area contributed by atoms with Crippen LogP contribution in [0.5, 0.6) is 11.5 Å². The van der Waals surface area contributed by atoms with Crippen molar-refractivity contribution in [3.63, 3.8) is 0 Å². The van der Waals surface area contributed by atoms with Crippen molar-refractivity contribution in [2.45, 2.75) is 13.8 Å². The second-order valence-electron chi connectivity index (χ2n) is 4.23. The Balaban J connectivity index is 2.17. The van der Waals surface area contributed by atoms with Crippen LogP contribution < -0.4 is 14.9 Å². The van der Waals surface area contributed by atoms with Crippen LogP contribution in [0.3, 0.4) is 0 Å². The van der Waals surface area contributed by atoms with Gasteiger partial charge in [-0.1, -0.05) is 11.6 Å². The van der Waals surface area contributed by atoms with Gasteiger partial charge in [-0.2, -0.15) is 5.10 Å². The topological polar surface area (TPSA) is 55.7 Å². The number of halogens is 1. The molecule has 0 saturated carbocycles. The van der Waals surface area contributed by atoms with Crippen LogP contribution in [-0.2, 0) is 0 Å². The third kappa shape index (κ3) is 3.46. The lowest BCUT2D eigenvalue weighted by atomic mass is 10.2. The maximum absolute atomic E-state index is 6.27. The molecule has 0 atom stereocenters. The number of hydrogen-bond acceptors (Lipinski definition) is 6. The Morgan fingerprint density at radius 1 is 1.29 bits per heavy atom. The molecule has 1 aromatic carbocycles. The summed E-state index contributed by atoms with van der Waals surface area (Å²) in [7, 11) is 3.11. The quantitative estimate of drug-likeness (QED) is 0.669. The number of hydrogen-bond donors (Lipinski definition) is 1. The van der Waals surface area contributed by atoms with Gasteiger partial charge in [0.1, 0.15) is 0 Å². The van der Waals surface area contributed by atoms with Gasteiger partial charge in [0.15, 0.2) is 11.5 Å². The molecule has 2 rings (SSSR count). The van der Waals surface area contributed by atoms with E-state index in [1.54, 1.807) is 37.8 Å². The van der Waals surface area contributed by atoms with Gasteiger partial charge in [-0.3, -0.25) is 5.43 Å². The van der Waals surface area contributed by atoms with Crippen LogP contribution in [0.15, 0.2) is 17.2 Å². The van der Waals surface area contributed by atoms with Crippen LogP contribution in [0.4, 0.5) is 5.13 Å². The number of ether oxygens (including phenoxy) is 2. The van der Waals surface area contributed by atoms with Crippen molar-refractivity contribution in [1.29, 1.82) is 0 Å². The molecule has 0 aliphatic heterocycles. The fraction of sp³-hybridized carbons (Fsp3) is 0.286. The monoisotopic (exact) mass is 325 g/mol. The van der Waals surface area contributed by atoms with Gasteiger partial charge in [-0.05, 0) is 26.0 Å². The first kappa shape index (κ1) is 15.6. The second-order valence-corrected chi connectivity index (χ2v) is 5.82. The number of nitrogens with zero attached hydrogens (tertiary/aromatic N) is 2. The number of aromatic nitrogens is 1. The molecule has 7 heteroatoms. The zero-order valence-corrected chi connectivity index (χ0v) is 13.8. The smallest absolute Gasteiger partial charge is 0.203 e. The Morgan fingerprint density at radius 2 is 2.05 bits per heavy atom. The summed E-state index contributed by atoms with van der Waals surface area (Å²) in [6, 6.07) is 3.59. The molecule has 1 heterocycles. The van der Waals surface area contributed by atoms with Crippen LogP contribution in [0.2, 0.25) is 5.02 Å². The van der Waals surface area contributed by atoms with Crippen LogP contribution in [-0.4, -0.2) is 25.4 Å². The number of aryl methyl sites for hydroxylation is 2. The zero-order chi connectivity index (χ0) is 15.4. The minimum Gasteiger partial charge on any atom is -0.493 e. The average Bonchev–Trinajstić information content (AvgIpc) is 2.79. The van der Waals surface area contributed by atoms with Crippen LogP contribution in [0, 0.1) is 13.8 Å². The molecule has 0 aliphatic rings. The van der Waals surface area contributed by atoms with Crippen molar-refractivity contribution < 1.29 is 9.47 Å². The number of hydrazone groups is 1. The number of nitrogens with one attached hydrogen (secondary N) is 1. The standard InChI is InChI=1S/C14H16ClN3O2S/c1-8-9(2)21-14(17-8)18-16-7-10-5-6-11(19-3)13(20-4)12(10)15/h5-7H,1-4H3,(H,17,18)/b16-7-. The molecular weight excluding hydrogens is 310 g/mol. The van der Waals surface area contributed by atoms with Crippen molar-refractivity contribution >= 4 is 34.3 Å². The van der Waals surface area contributed by atoms with Gasteiger partial charge in [0.05, 0.1) is 31.2 Å². The first-order valence-corrected chi connectivity index (χ1v) is 7.39. The van der Waals surface area contributed by atoms with E-state index in [1.807, 2.05) is 19.9 Å². The first-order valence-electron chi connectivity index (χ1n) is 6.20. The Hall–Kier alpha value is -1.79. The van der Waals surface area contributed by atoms with Crippen LogP contribution >= 0.6 is 22.9 Å². The summed E-state index contributed by atoms with van der Waals surface area (Å²) >= 11 is 7.82. The molecule has 0 radical (unpaired) electrons. The van der Waals surface area contributed by atoms with E-state index in [9.17, 15) is 0 Å². The van der Waals surface area contributed by atoms with E-state index < -0.39 is 0 Å². The number of methoxy groups -OCH3 is 2. The summed E-state index contributed by atoms with van der Waals surface area (Å²) in [6.45, 7) is 3.99. The number of benzene rings is 1. The molecule has 0 amide bonds. The van der Waals surface area contributed by atoms with Gasteiger partial charge in [0, 0.05) is 10.4 Å². The Bertz CT molecular complexity index is 651. The van der Waals surface area contributed by atoms with Crippen LogP contribution in [0.1, 0.15) is 16.1 Å². The highest BCUT2D eigenvalue weighted by atomic mass is 35.5. The molecule has 5 nitrogen and oxygen atoms in total. The highest BCUT2D eigenvalue weighted by Gasteiger charge is 2.11. The second kappa shape index (κ2) is 6.78. The molecule has 0 fully saturated rings. The van der Waals surface area contributed by atoms with Gasteiger partial charge in [-0.25, -0.2) is 4.98 Å². The Morgan fingerprint density at radius 3 is 2.62 bits per heavy atom. The molecule has 21 heavy (non-hydrogen) atoms. The third-order valence-electron chi connectivity index (χ3n) is 2.91. The fourth-order valence-corrected chi connectivity index (χ4v) is 2.73. The molecule has 112 valence electrons. The maximum atomic E-state index is 6.27. The van der Waals surface area contributed by atoms with Crippen LogP contribution in [0.25, 0.3) is 0 Å². The van der Waals surface area contributed by atoms with E-state index >= 15 is 0 Å². The minimum absolute atomic E-state index is 0.453. The largest absolute Gasteiger partial charge is 0.493 e. The van der Waals surface area contributed by atoms with Crippen molar-refractivity contribution in [2.24, 2.45) is 5.10 Å². The van der Waals surface area contributed by atoms with E-state index in [4.69, 9.17) is 21.1 Å².